The number of carbonyl (C=O) groups is 1. The largest absolute Gasteiger partial charge is 0.444 e. The highest BCUT2D eigenvalue weighted by atomic mass is 16.6. The molecule has 21 heavy (non-hydrogen) atoms. The minimum absolute atomic E-state index is 0.231. The van der Waals surface area contributed by atoms with Crippen molar-refractivity contribution in [1.29, 1.82) is 0 Å². The second-order valence-electron chi connectivity index (χ2n) is 6.99. The fourth-order valence-electron chi connectivity index (χ4n) is 2.54. The normalized spacial score (nSPS) is 20.6. The molecule has 0 aromatic carbocycles. The maximum Gasteiger partial charge on any atom is 0.410 e. The van der Waals surface area contributed by atoms with Gasteiger partial charge in [0.15, 0.2) is 0 Å². The second-order valence-corrected chi connectivity index (χ2v) is 6.99. The van der Waals surface area contributed by atoms with Gasteiger partial charge in [0.25, 0.3) is 0 Å². The van der Waals surface area contributed by atoms with Crippen LogP contribution in [0.3, 0.4) is 0 Å². The van der Waals surface area contributed by atoms with Gasteiger partial charge in [-0.15, -0.1) is 10.2 Å². The van der Waals surface area contributed by atoms with Gasteiger partial charge in [-0.3, -0.25) is 0 Å². The van der Waals surface area contributed by atoms with Crippen molar-refractivity contribution in [3.05, 3.63) is 11.8 Å². The van der Waals surface area contributed by atoms with E-state index in [9.17, 15) is 4.79 Å². The molecule has 0 bridgehead atoms. The second kappa shape index (κ2) is 5.31. The fraction of sp³-hybridized carbons (Fsp3) is 0.800. The number of rotatable bonds is 2. The number of ether oxygens (including phenoxy) is 1. The van der Waals surface area contributed by atoms with Crippen LogP contribution in [0.4, 0.5) is 4.79 Å². The van der Waals surface area contributed by atoms with E-state index >= 15 is 0 Å². The van der Waals surface area contributed by atoms with Crippen LogP contribution in [0, 0.1) is 0 Å². The Morgan fingerprint density at radius 1 is 1.10 bits per heavy atom. The van der Waals surface area contributed by atoms with Crippen molar-refractivity contribution >= 4 is 6.09 Å². The molecular weight excluding hydrogens is 270 g/mol. The summed E-state index contributed by atoms with van der Waals surface area (Å²) in [7, 11) is 0. The highest BCUT2D eigenvalue weighted by Gasteiger charge is 2.33. The van der Waals surface area contributed by atoms with Gasteiger partial charge in [-0.05, 0) is 46.5 Å². The van der Waals surface area contributed by atoms with Crippen LogP contribution in [0.25, 0.3) is 0 Å². The summed E-state index contributed by atoms with van der Waals surface area (Å²) in [5, 5.41) is 8.31. The van der Waals surface area contributed by atoms with E-state index in [0.29, 0.717) is 19.0 Å². The van der Waals surface area contributed by atoms with Crippen molar-refractivity contribution in [1.82, 2.24) is 15.1 Å². The van der Waals surface area contributed by atoms with Crippen molar-refractivity contribution < 1.29 is 13.9 Å². The van der Waals surface area contributed by atoms with Crippen LogP contribution in [0.15, 0.2) is 4.42 Å². The summed E-state index contributed by atoms with van der Waals surface area (Å²) in [5.74, 6) is 2.29. The van der Waals surface area contributed by atoms with Gasteiger partial charge in [-0.2, -0.15) is 0 Å². The summed E-state index contributed by atoms with van der Waals surface area (Å²) in [6.07, 6.45) is 3.80. The molecule has 1 aliphatic carbocycles. The molecule has 1 aromatic rings. The molecule has 2 fully saturated rings. The first kappa shape index (κ1) is 14.4. The highest BCUT2D eigenvalue weighted by Crippen LogP contribution is 2.40. The predicted octanol–water partition coefficient (Wildman–Crippen LogP) is 3.06. The molecule has 0 radical (unpaired) electrons. The minimum Gasteiger partial charge on any atom is -0.444 e. The SMILES string of the molecule is CC(C)(C)OC(=O)N1CCC(c2nnc(C3CC3)o2)CC1. The predicted molar refractivity (Wildman–Crippen MR) is 76.1 cm³/mol. The van der Waals surface area contributed by atoms with Gasteiger partial charge >= 0.3 is 6.09 Å². The van der Waals surface area contributed by atoms with Crippen molar-refractivity contribution in [2.45, 2.75) is 63.9 Å². The van der Waals surface area contributed by atoms with Gasteiger partial charge in [0.1, 0.15) is 5.60 Å². The van der Waals surface area contributed by atoms with E-state index < -0.39 is 5.60 Å². The summed E-state index contributed by atoms with van der Waals surface area (Å²) in [5.41, 5.74) is -0.445. The van der Waals surface area contributed by atoms with Crippen LogP contribution in [-0.4, -0.2) is 39.9 Å². The first-order valence-electron chi connectivity index (χ1n) is 7.73. The standard InChI is InChI=1S/C15H23N3O3/c1-15(2,3)21-14(19)18-8-6-11(7-9-18)13-17-16-12(20-13)10-4-5-10/h10-11H,4-9H2,1-3H3. The zero-order chi connectivity index (χ0) is 15.0. The van der Waals surface area contributed by atoms with Gasteiger partial charge in [-0.25, -0.2) is 4.79 Å². The van der Waals surface area contributed by atoms with Crippen LogP contribution in [-0.2, 0) is 4.74 Å². The molecule has 1 aliphatic heterocycles. The topological polar surface area (TPSA) is 68.5 Å². The van der Waals surface area contributed by atoms with E-state index in [0.717, 1.165) is 24.6 Å². The number of hydrogen-bond acceptors (Lipinski definition) is 5. The molecule has 0 spiro atoms. The molecule has 1 saturated heterocycles. The van der Waals surface area contributed by atoms with Crippen molar-refractivity contribution in [2.75, 3.05) is 13.1 Å². The smallest absolute Gasteiger partial charge is 0.410 e. The molecule has 2 heterocycles. The lowest BCUT2D eigenvalue weighted by Crippen LogP contribution is -2.41. The van der Waals surface area contributed by atoms with Crippen LogP contribution in [0.5, 0.6) is 0 Å². The average molecular weight is 293 g/mol. The number of piperidine rings is 1. The van der Waals surface area contributed by atoms with Gasteiger partial charge < -0.3 is 14.1 Å². The van der Waals surface area contributed by atoms with E-state index in [1.165, 1.54) is 12.8 Å². The van der Waals surface area contributed by atoms with E-state index in [-0.39, 0.29) is 12.0 Å². The van der Waals surface area contributed by atoms with Crippen LogP contribution < -0.4 is 0 Å². The van der Waals surface area contributed by atoms with Gasteiger partial charge in [0, 0.05) is 24.9 Å². The molecule has 116 valence electrons. The van der Waals surface area contributed by atoms with Crippen molar-refractivity contribution in [3.8, 4) is 0 Å². The third-order valence-electron chi connectivity index (χ3n) is 3.88. The lowest BCUT2D eigenvalue weighted by atomic mass is 9.97. The molecule has 1 saturated carbocycles. The van der Waals surface area contributed by atoms with Crippen molar-refractivity contribution in [2.24, 2.45) is 0 Å². The molecule has 0 unspecified atom stereocenters. The van der Waals surface area contributed by atoms with Gasteiger partial charge in [0.2, 0.25) is 11.8 Å². The lowest BCUT2D eigenvalue weighted by Gasteiger charge is -2.32. The summed E-state index contributed by atoms with van der Waals surface area (Å²) in [4.78, 5) is 13.8. The Kier molecular flexibility index (Phi) is 3.63. The maximum atomic E-state index is 12.0. The zero-order valence-electron chi connectivity index (χ0n) is 13.0. The quantitative estimate of drug-likeness (QED) is 0.838. The summed E-state index contributed by atoms with van der Waals surface area (Å²) in [6.45, 7) is 7.02. The third-order valence-corrected chi connectivity index (χ3v) is 3.88. The molecule has 6 nitrogen and oxygen atoms in total. The Morgan fingerprint density at radius 2 is 1.62 bits per heavy atom. The Morgan fingerprint density at radius 3 is 2.10 bits per heavy atom. The highest BCUT2D eigenvalue weighted by molar-refractivity contribution is 5.68. The van der Waals surface area contributed by atoms with Crippen LogP contribution in [0.2, 0.25) is 0 Å². The number of amides is 1. The Hall–Kier alpha value is -1.59. The van der Waals surface area contributed by atoms with Gasteiger partial charge in [0.05, 0.1) is 0 Å². The monoisotopic (exact) mass is 293 g/mol. The number of hydrogen-bond donors (Lipinski definition) is 0. The van der Waals surface area contributed by atoms with E-state index in [1.54, 1.807) is 4.90 Å². The zero-order valence-corrected chi connectivity index (χ0v) is 13.0. The number of nitrogens with zero attached hydrogens (tertiary/aromatic N) is 3. The van der Waals surface area contributed by atoms with Gasteiger partial charge in [-0.1, -0.05) is 0 Å². The molecular formula is C15H23N3O3. The number of likely N-dealkylation sites (tertiary alicyclic amines) is 1. The molecule has 3 rings (SSSR count). The maximum absolute atomic E-state index is 12.0. The minimum atomic E-state index is -0.445. The molecule has 6 heteroatoms. The van der Waals surface area contributed by atoms with Crippen LogP contribution in [0.1, 0.15) is 70.1 Å². The molecule has 1 aromatic heterocycles. The number of carbonyl (C=O) groups excluding carboxylic acids is 1. The number of aromatic nitrogens is 2. The molecule has 2 aliphatic rings. The Balaban J connectivity index is 1.53. The van der Waals surface area contributed by atoms with Crippen LogP contribution >= 0.6 is 0 Å². The van der Waals surface area contributed by atoms with Crippen molar-refractivity contribution in [3.63, 3.8) is 0 Å². The average Bonchev–Trinajstić information content (AvgIpc) is 3.15. The van der Waals surface area contributed by atoms with E-state index in [4.69, 9.17) is 9.15 Å². The van der Waals surface area contributed by atoms with E-state index in [1.807, 2.05) is 20.8 Å². The molecule has 0 atom stereocenters. The Bertz CT molecular complexity index is 508. The Labute approximate surface area is 124 Å². The first-order valence-corrected chi connectivity index (χ1v) is 7.73. The summed E-state index contributed by atoms with van der Waals surface area (Å²) < 4.78 is 11.2. The van der Waals surface area contributed by atoms with E-state index in [2.05, 4.69) is 10.2 Å². The summed E-state index contributed by atoms with van der Waals surface area (Å²) >= 11 is 0. The lowest BCUT2D eigenvalue weighted by molar-refractivity contribution is 0.0199. The third kappa shape index (κ3) is 3.54. The first-order chi connectivity index (χ1) is 9.92. The fourth-order valence-corrected chi connectivity index (χ4v) is 2.54. The molecule has 0 N–H and O–H groups in total. The molecule has 1 amide bonds. The summed E-state index contributed by atoms with van der Waals surface area (Å²) in [6, 6.07) is 0.